The molecule has 0 unspecified atom stereocenters. The Morgan fingerprint density at radius 1 is 1.18 bits per heavy atom. The highest BCUT2D eigenvalue weighted by atomic mass is 32.1. The summed E-state index contributed by atoms with van der Waals surface area (Å²) in [5, 5.41) is 7.37. The predicted octanol–water partition coefficient (Wildman–Crippen LogP) is 5.03. The molecule has 114 valence electrons. The molecule has 0 N–H and O–H groups in total. The summed E-state index contributed by atoms with van der Waals surface area (Å²) in [6.07, 6.45) is 0. The molecule has 0 saturated heterocycles. The first-order chi connectivity index (χ1) is 10.7. The van der Waals surface area contributed by atoms with Gasteiger partial charge < -0.3 is 0 Å². The number of thiophene rings is 1. The van der Waals surface area contributed by atoms with Crippen LogP contribution in [0.3, 0.4) is 0 Å². The van der Waals surface area contributed by atoms with Gasteiger partial charge in [0, 0.05) is 29.4 Å². The third-order valence-electron chi connectivity index (χ3n) is 3.45. The van der Waals surface area contributed by atoms with Crippen molar-refractivity contribution in [3.05, 3.63) is 63.5 Å². The second-order valence-electron chi connectivity index (χ2n) is 5.09. The highest BCUT2D eigenvalue weighted by molar-refractivity contribution is 7.14. The first-order valence-corrected chi connectivity index (χ1v) is 9.00. The summed E-state index contributed by atoms with van der Waals surface area (Å²) in [5.41, 5.74) is 3.26. The number of benzene rings is 1. The number of hydrogen-bond acceptors (Lipinski definition) is 4. The van der Waals surface area contributed by atoms with Crippen LogP contribution in [0.25, 0.3) is 10.6 Å². The van der Waals surface area contributed by atoms with Crippen molar-refractivity contribution in [2.45, 2.75) is 20.0 Å². The van der Waals surface area contributed by atoms with Crippen LogP contribution < -0.4 is 0 Å². The first-order valence-electron chi connectivity index (χ1n) is 7.18. The van der Waals surface area contributed by atoms with Gasteiger partial charge in [0.1, 0.15) is 10.8 Å². The van der Waals surface area contributed by atoms with Crippen molar-refractivity contribution in [1.82, 2.24) is 9.88 Å². The van der Waals surface area contributed by atoms with Crippen molar-refractivity contribution in [3.8, 4) is 10.6 Å². The second kappa shape index (κ2) is 7.13. The van der Waals surface area contributed by atoms with Crippen LogP contribution in [0.1, 0.15) is 18.2 Å². The minimum atomic E-state index is -0.179. The smallest absolute Gasteiger partial charge is 0.124 e. The van der Waals surface area contributed by atoms with Crippen molar-refractivity contribution in [2.75, 3.05) is 6.54 Å². The lowest BCUT2D eigenvalue weighted by molar-refractivity contribution is 0.268. The van der Waals surface area contributed by atoms with Crippen LogP contribution in [0, 0.1) is 5.82 Å². The van der Waals surface area contributed by atoms with E-state index in [0.717, 1.165) is 35.9 Å². The minimum absolute atomic E-state index is 0.179. The molecule has 0 fully saturated rings. The Hall–Kier alpha value is -1.56. The van der Waals surface area contributed by atoms with Crippen molar-refractivity contribution >= 4 is 22.7 Å². The van der Waals surface area contributed by atoms with Gasteiger partial charge in [0.05, 0.1) is 5.69 Å². The summed E-state index contributed by atoms with van der Waals surface area (Å²) in [6.45, 7) is 4.54. The van der Waals surface area contributed by atoms with Crippen LogP contribution in [0.2, 0.25) is 0 Å². The molecule has 3 rings (SSSR count). The molecule has 0 bridgehead atoms. The molecule has 0 aliphatic carbocycles. The van der Waals surface area contributed by atoms with E-state index < -0.39 is 0 Å². The predicted molar refractivity (Wildman–Crippen MR) is 91.6 cm³/mol. The summed E-state index contributed by atoms with van der Waals surface area (Å²) in [4.78, 5) is 6.97. The van der Waals surface area contributed by atoms with E-state index in [-0.39, 0.29) is 5.82 Å². The molecular formula is C17H17FN2S2. The summed E-state index contributed by atoms with van der Waals surface area (Å²) < 4.78 is 13.3. The zero-order valence-electron chi connectivity index (χ0n) is 12.3. The number of hydrogen-bond donors (Lipinski definition) is 0. The van der Waals surface area contributed by atoms with E-state index in [1.165, 1.54) is 11.6 Å². The average molecular weight is 332 g/mol. The number of halogens is 1. The molecule has 0 spiro atoms. The molecule has 0 aliphatic rings. The number of rotatable bonds is 6. The van der Waals surface area contributed by atoms with Crippen LogP contribution in [-0.2, 0) is 13.1 Å². The Balaban J connectivity index is 1.68. The lowest BCUT2D eigenvalue weighted by Crippen LogP contribution is -2.22. The lowest BCUT2D eigenvalue weighted by Gasteiger charge is -2.19. The molecule has 0 atom stereocenters. The fourth-order valence-electron chi connectivity index (χ4n) is 2.30. The van der Waals surface area contributed by atoms with Crippen molar-refractivity contribution in [1.29, 1.82) is 0 Å². The van der Waals surface area contributed by atoms with Crippen LogP contribution >= 0.6 is 22.7 Å². The van der Waals surface area contributed by atoms with Gasteiger partial charge in [-0.2, -0.15) is 11.3 Å². The summed E-state index contributed by atoms with van der Waals surface area (Å²) in [7, 11) is 0. The van der Waals surface area contributed by atoms with E-state index >= 15 is 0 Å². The van der Waals surface area contributed by atoms with Gasteiger partial charge in [-0.15, -0.1) is 11.3 Å². The Bertz CT molecular complexity index is 722. The number of aromatic nitrogens is 1. The molecule has 1 aromatic carbocycles. The molecule has 22 heavy (non-hydrogen) atoms. The highest BCUT2D eigenvalue weighted by Gasteiger charge is 2.10. The van der Waals surface area contributed by atoms with Gasteiger partial charge >= 0.3 is 0 Å². The van der Waals surface area contributed by atoms with Crippen LogP contribution in [-0.4, -0.2) is 16.4 Å². The average Bonchev–Trinajstić information content (AvgIpc) is 3.17. The van der Waals surface area contributed by atoms with Gasteiger partial charge in [0.2, 0.25) is 0 Å². The normalized spacial score (nSPS) is 11.2. The third kappa shape index (κ3) is 3.80. The SMILES string of the molecule is CCN(Cc1cccc(F)c1)Cc1csc(-c2ccsc2)n1. The molecule has 0 amide bonds. The standard InChI is InChI=1S/C17H17FN2S2/c1-2-20(9-13-4-3-5-15(18)8-13)10-16-12-22-17(19-16)14-6-7-21-11-14/h3-8,11-12H,2,9-10H2,1H3. The molecule has 0 radical (unpaired) electrons. The molecule has 2 nitrogen and oxygen atoms in total. The fraction of sp³-hybridized carbons (Fsp3) is 0.235. The molecule has 2 aromatic heterocycles. The summed E-state index contributed by atoms with van der Waals surface area (Å²) >= 11 is 3.36. The zero-order valence-corrected chi connectivity index (χ0v) is 14.0. The van der Waals surface area contributed by atoms with Crippen LogP contribution in [0.15, 0.2) is 46.5 Å². The van der Waals surface area contributed by atoms with Gasteiger partial charge in [-0.1, -0.05) is 19.1 Å². The van der Waals surface area contributed by atoms with Gasteiger partial charge in [-0.25, -0.2) is 9.37 Å². The highest BCUT2D eigenvalue weighted by Crippen LogP contribution is 2.26. The summed E-state index contributed by atoms with van der Waals surface area (Å²) in [6, 6.07) is 8.89. The Kier molecular flexibility index (Phi) is 4.97. The van der Waals surface area contributed by atoms with E-state index in [9.17, 15) is 4.39 Å². The number of nitrogens with zero attached hydrogens (tertiary/aromatic N) is 2. The molecule has 5 heteroatoms. The van der Waals surface area contributed by atoms with Gasteiger partial charge in [-0.3, -0.25) is 4.90 Å². The maximum Gasteiger partial charge on any atom is 0.124 e. The molecule has 0 aliphatic heterocycles. The quantitative estimate of drug-likeness (QED) is 0.629. The lowest BCUT2D eigenvalue weighted by atomic mass is 10.2. The summed E-state index contributed by atoms with van der Waals surface area (Å²) in [5.74, 6) is -0.179. The van der Waals surface area contributed by atoms with E-state index in [2.05, 4.69) is 34.0 Å². The van der Waals surface area contributed by atoms with E-state index in [0.29, 0.717) is 0 Å². The Morgan fingerprint density at radius 3 is 2.82 bits per heavy atom. The van der Waals surface area contributed by atoms with Crippen molar-refractivity contribution < 1.29 is 4.39 Å². The van der Waals surface area contributed by atoms with Crippen LogP contribution in [0.4, 0.5) is 4.39 Å². The van der Waals surface area contributed by atoms with Crippen LogP contribution in [0.5, 0.6) is 0 Å². The molecule has 0 saturated carbocycles. The Labute approximate surface area is 137 Å². The maximum atomic E-state index is 13.3. The fourth-order valence-corrected chi connectivity index (χ4v) is 3.82. The molecular weight excluding hydrogens is 315 g/mol. The van der Waals surface area contributed by atoms with Gasteiger partial charge in [0.15, 0.2) is 0 Å². The molecule has 3 aromatic rings. The zero-order chi connectivity index (χ0) is 15.4. The third-order valence-corrected chi connectivity index (χ3v) is 5.07. The maximum absolute atomic E-state index is 13.3. The van der Waals surface area contributed by atoms with E-state index in [4.69, 9.17) is 4.98 Å². The monoisotopic (exact) mass is 332 g/mol. The Morgan fingerprint density at radius 2 is 2.09 bits per heavy atom. The van der Waals surface area contributed by atoms with E-state index in [1.54, 1.807) is 34.8 Å². The van der Waals surface area contributed by atoms with E-state index in [1.807, 2.05) is 6.07 Å². The topological polar surface area (TPSA) is 16.1 Å². The van der Waals surface area contributed by atoms with Crippen molar-refractivity contribution in [2.24, 2.45) is 0 Å². The molecule has 2 heterocycles. The number of thiazole rings is 1. The first kappa shape index (κ1) is 15.3. The van der Waals surface area contributed by atoms with Gasteiger partial charge in [-0.05, 0) is 35.7 Å². The second-order valence-corrected chi connectivity index (χ2v) is 6.73. The van der Waals surface area contributed by atoms with Crippen molar-refractivity contribution in [3.63, 3.8) is 0 Å². The minimum Gasteiger partial charge on any atom is -0.294 e. The largest absolute Gasteiger partial charge is 0.294 e. The van der Waals surface area contributed by atoms with Gasteiger partial charge in [0.25, 0.3) is 0 Å².